The molecule has 0 saturated carbocycles. The molecule has 0 radical (unpaired) electrons. The van der Waals surface area contributed by atoms with Crippen LogP contribution in [0.4, 0.5) is 0 Å². The average molecular weight is 1480 g/mol. The molecule has 0 fully saturated rings. The van der Waals surface area contributed by atoms with Gasteiger partial charge in [0.2, 0.25) is 0 Å². The molecule has 0 aromatic heterocycles. The minimum atomic E-state index is -4.99. The molecule has 5 atom stereocenters. The number of phosphoric ester groups is 2. The summed E-state index contributed by atoms with van der Waals surface area (Å²) < 4.78 is 68.6. The normalized spacial score (nSPS) is 14.4. The average Bonchev–Trinajstić information content (AvgIpc) is 0.923. The van der Waals surface area contributed by atoms with Crippen LogP contribution in [0, 0.1) is 0 Å². The van der Waals surface area contributed by atoms with E-state index >= 15 is 0 Å². The zero-order valence-corrected chi connectivity index (χ0v) is 66.3. The van der Waals surface area contributed by atoms with E-state index in [-0.39, 0.29) is 25.7 Å². The van der Waals surface area contributed by atoms with Gasteiger partial charge in [-0.2, -0.15) is 0 Å². The monoisotopic (exact) mass is 1480 g/mol. The van der Waals surface area contributed by atoms with Crippen LogP contribution in [0.1, 0.15) is 349 Å². The predicted molar refractivity (Wildman–Crippen MR) is 418 cm³/mol. The maximum absolute atomic E-state index is 13.1. The number of hydrogen-bond acceptors (Lipinski definition) is 15. The zero-order valence-electron chi connectivity index (χ0n) is 64.5. The van der Waals surface area contributed by atoms with Gasteiger partial charge in [0, 0.05) is 25.7 Å². The number of phosphoric acid groups is 2. The first-order valence-corrected chi connectivity index (χ1v) is 43.5. The van der Waals surface area contributed by atoms with Crippen molar-refractivity contribution in [2.75, 3.05) is 39.6 Å². The quantitative estimate of drug-likeness (QED) is 0.0169. The van der Waals surface area contributed by atoms with E-state index < -0.39 is 97.5 Å². The lowest BCUT2D eigenvalue weighted by atomic mass is 10.0. The second-order valence-electron chi connectivity index (χ2n) is 27.0. The molecule has 0 rings (SSSR count). The van der Waals surface area contributed by atoms with Gasteiger partial charge in [0.05, 0.1) is 26.4 Å². The Balaban J connectivity index is 5.41. The van der Waals surface area contributed by atoms with Gasteiger partial charge in [0.15, 0.2) is 12.2 Å². The first kappa shape index (κ1) is 98.0. The van der Waals surface area contributed by atoms with Crippen LogP contribution in [0.2, 0.25) is 0 Å². The Morgan fingerprint density at radius 3 is 0.794 bits per heavy atom. The lowest BCUT2D eigenvalue weighted by Crippen LogP contribution is -2.30. The van der Waals surface area contributed by atoms with E-state index in [4.69, 9.17) is 37.0 Å². The van der Waals surface area contributed by atoms with Crippen LogP contribution < -0.4 is 0 Å². The lowest BCUT2D eigenvalue weighted by Gasteiger charge is -2.21. The molecule has 0 spiro atoms. The van der Waals surface area contributed by atoms with Crippen LogP contribution in [0.25, 0.3) is 0 Å². The largest absolute Gasteiger partial charge is 0.472 e. The molecule has 0 aliphatic carbocycles. The smallest absolute Gasteiger partial charge is 0.462 e. The fraction of sp³-hybridized carbons (Fsp3) is 0.759. The summed E-state index contributed by atoms with van der Waals surface area (Å²) in [5, 5.41) is 10.6. The standard InChI is InChI=1S/C83H146O17P2/c1-5-9-13-17-21-25-29-33-37-38-42-44-48-52-56-60-64-68-81(86)94-74-79(100-83(88)70-66-62-58-54-50-46-41-36-32-28-24-20-16-12-8-4)76-98-102(91,92)96-72-77(84)71-95-101(89,90)97-75-78(99-82(87)69-65-61-57-53-49-45-40-35-31-27-23-19-15-11-7-3)73-93-80(85)67-63-59-55-51-47-43-39-34-30-26-22-18-14-10-6-2/h21-22,24-26,28,33-34,36-37,39,41-42,44,52,56,77-79,84H,5-20,23,27,29-32,35,38,40,43,45-51,53-55,57-76H2,1-4H3,(H,89,90)(H,91,92)/b25-21-,26-22-,28-24-,37-33-,39-34-,41-36-,44-42-,56-52-/t77-,78-,79-/m1/s1. The molecule has 0 aliphatic heterocycles. The molecular weight excluding hydrogens is 1330 g/mol. The molecule has 0 aromatic rings. The van der Waals surface area contributed by atoms with Gasteiger partial charge >= 0.3 is 39.5 Å². The molecule has 0 bridgehead atoms. The third-order valence-electron chi connectivity index (χ3n) is 17.0. The molecule has 0 saturated heterocycles. The molecule has 0 amide bonds. The summed E-state index contributed by atoms with van der Waals surface area (Å²) in [5.74, 6) is -2.25. The summed E-state index contributed by atoms with van der Waals surface area (Å²) in [4.78, 5) is 73.0. The first-order chi connectivity index (χ1) is 49.7. The van der Waals surface area contributed by atoms with Gasteiger partial charge in [0.1, 0.15) is 19.3 Å². The van der Waals surface area contributed by atoms with E-state index in [9.17, 15) is 43.2 Å². The van der Waals surface area contributed by atoms with Crippen LogP contribution in [0.3, 0.4) is 0 Å². The van der Waals surface area contributed by atoms with Crippen LogP contribution >= 0.6 is 15.6 Å². The topological polar surface area (TPSA) is 237 Å². The minimum Gasteiger partial charge on any atom is -0.462 e. The summed E-state index contributed by atoms with van der Waals surface area (Å²) in [6.07, 6.45) is 79.5. The SMILES string of the molecule is CCCCC/C=C\C/C=C\C/C=C\C/C=C\CCCC(=O)OC[C@H](COP(=O)(O)OC[C@H](O)COP(=O)(O)OC[C@@H](COC(=O)CCCCCCC/C=C\C/C=C\CCCCC)OC(=O)CCCCCCCCCCCCCCCCC)OC(=O)CCCCCCC/C=C\C/C=C\CCCCC. The second-order valence-corrected chi connectivity index (χ2v) is 29.9. The second kappa shape index (κ2) is 75.2. The number of esters is 4. The minimum absolute atomic E-state index is 0.0674. The van der Waals surface area contributed by atoms with Crippen molar-refractivity contribution in [3.8, 4) is 0 Å². The number of ether oxygens (including phenoxy) is 4. The van der Waals surface area contributed by atoms with Gasteiger partial charge in [-0.1, -0.05) is 292 Å². The maximum atomic E-state index is 13.1. The highest BCUT2D eigenvalue weighted by atomic mass is 31.2. The van der Waals surface area contributed by atoms with Gasteiger partial charge in [-0.15, -0.1) is 0 Å². The summed E-state index contributed by atoms with van der Waals surface area (Å²) in [6.45, 7) is 4.75. The molecule has 0 heterocycles. The van der Waals surface area contributed by atoms with Crippen molar-refractivity contribution in [1.29, 1.82) is 0 Å². The number of carbonyl (C=O) groups excluding carboxylic acids is 4. The number of rotatable bonds is 76. The highest BCUT2D eigenvalue weighted by Gasteiger charge is 2.30. The van der Waals surface area contributed by atoms with Crippen molar-refractivity contribution in [1.82, 2.24) is 0 Å². The number of unbranched alkanes of at least 4 members (excludes halogenated alkanes) is 34. The van der Waals surface area contributed by atoms with Crippen molar-refractivity contribution in [3.63, 3.8) is 0 Å². The molecule has 0 aromatic carbocycles. The number of carbonyl (C=O) groups is 4. The zero-order chi connectivity index (χ0) is 74.6. The van der Waals surface area contributed by atoms with E-state index in [0.717, 1.165) is 141 Å². The number of aliphatic hydroxyl groups is 1. The predicted octanol–water partition coefficient (Wildman–Crippen LogP) is 23.6. The Kier molecular flexibility index (Phi) is 72.3. The van der Waals surface area contributed by atoms with Gasteiger partial charge in [-0.05, 0) is 128 Å². The van der Waals surface area contributed by atoms with Crippen LogP contribution in [-0.4, -0.2) is 96.7 Å². The third-order valence-corrected chi connectivity index (χ3v) is 18.9. The Hall–Kier alpha value is -4.02. The summed E-state index contributed by atoms with van der Waals surface area (Å²) in [6, 6.07) is 0. The van der Waals surface area contributed by atoms with Gasteiger partial charge < -0.3 is 33.8 Å². The molecule has 590 valence electrons. The molecule has 102 heavy (non-hydrogen) atoms. The number of hydrogen-bond donors (Lipinski definition) is 3. The Bertz CT molecular complexity index is 2310. The van der Waals surface area contributed by atoms with Crippen LogP contribution in [0.5, 0.6) is 0 Å². The molecule has 17 nitrogen and oxygen atoms in total. The third kappa shape index (κ3) is 74.3. The van der Waals surface area contributed by atoms with E-state index in [1.807, 2.05) is 12.2 Å². The van der Waals surface area contributed by atoms with E-state index in [1.54, 1.807) is 0 Å². The van der Waals surface area contributed by atoms with E-state index in [0.29, 0.717) is 32.1 Å². The Morgan fingerprint density at radius 2 is 0.490 bits per heavy atom. The van der Waals surface area contributed by atoms with Gasteiger partial charge in [-0.25, -0.2) is 9.13 Å². The summed E-state index contributed by atoms with van der Waals surface area (Å²) >= 11 is 0. The van der Waals surface area contributed by atoms with Crippen molar-refractivity contribution in [3.05, 3.63) is 97.2 Å². The summed E-state index contributed by atoms with van der Waals surface area (Å²) in [5.41, 5.74) is 0. The Labute approximate surface area is 620 Å². The molecule has 3 N–H and O–H groups in total. The van der Waals surface area contributed by atoms with Gasteiger partial charge in [-0.3, -0.25) is 37.3 Å². The van der Waals surface area contributed by atoms with Crippen molar-refractivity contribution in [2.24, 2.45) is 0 Å². The fourth-order valence-electron chi connectivity index (χ4n) is 10.8. The highest BCUT2D eigenvalue weighted by Crippen LogP contribution is 2.45. The number of allylic oxidation sites excluding steroid dienone is 16. The maximum Gasteiger partial charge on any atom is 0.472 e. The number of aliphatic hydroxyl groups excluding tert-OH is 1. The fourth-order valence-corrected chi connectivity index (χ4v) is 12.4. The Morgan fingerprint density at radius 1 is 0.275 bits per heavy atom. The van der Waals surface area contributed by atoms with Crippen LogP contribution in [-0.2, 0) is 65.4 Å². The van der Waals surface area contributed by atoms with Crippen molar-refractivity contribution >= 4 is 39.5 Å². The molecule has 0 aliphatic rings. The molecular formula is C83H146O17P2. The molecule has 19 heteroatoms. The highest BCUT2D eigenvalue weighted by molar-refractivity contribution is 7.47. The van der Waals surface area contributed by atoms with E-state index in [1.165, 1.54) is 122 Å². The van der Waals surface area contributed by atoms with Crippen molar-refractivity contribution in [2.45, 2.75) is 367 Å². The lowest BCUT2D eigenvalue weighted by molar-refractivity contribution is -0.161. The van der Waals surface area contributed by atoms with Gasteiger partial charge in [0.25, 0.3) is 0 Å². The van der Waals surface area contributed by atoms with E-state index in [2.05, 4.69) is 113 Å². The first-order valence-electron chi connectivity index (χ1n) is 40.5. The van der Waals surface area contributed by atoms with Crippen LogP contribution in [0.15, 0.2) is 97.2 Å². The molecule has 2 unspecified atom stereocenters. The van der Waals surface area contributed by atoms with Crippen molar-refractivity contribution < 1.29 is 80.2 Å². The summed E-state index contributed by atoms with van der Waals surface area (Å²) in [7, 11) is -9.97.